The Bertz CT molecular complexity index is 330. The highest BCUT2D eigenvalue weighted by Crippen LogP contribution is 2.07. The van der Waals surface area contributed by atoms with Crippen molar-refractivity contribution >= 4 is 6.09 Å². The van der Waals surface area contributed by atoms with E-state index in [1.54, 1.807) is 18.2 Å². The lowest BCUT2D eigenvalue weighted by molar-refractivity contribution is 0.150. The van der Waals surface area contributed by atoms with Gasteiger partial charge in [0.1, 0.15) is 5.82 Å². The average Bonchev–Trinajstić information content (AvgIpc) is 2.07. The summed E-state index contributed by atoms with van der Waals surface area (Å²) in [5, 5.41) is 9.68. The van der Waals surface area contributed by atoms with Gasteiger partial charge >= 0.3 is 6.09 Å². The molecule has 0 atom stereocenters. The van der Waals surface area contributed by atoms with E-state index in [1.807, 2.05) is 0 Å². The van der Waals surface area contributed by atoms with Crippen LogP contribution in [0.25, 0.3) is 0 Å². The van der Waals surface area contributed by atoms with Crippen LogP contribution in [0, 0.1) is 5.82 Å². The summed E-state index contributed by atoms with van der Waals surface area (Å²) < 4.78 is 13.1. The zero-order chi connectivity index (χ0) is 10.6. The molecule has 1 aromatic carbocycles. The normalized spacial score (nSPS) is 10.2. The minimum atomic E-state index is -1.16. The number of nitrogens with zero attached hydrogens (tertiary/aromatic N) is 1. The number of amides is 1. The smallest absolute Gasteiger partial charge is 0.419 e. The van der Waals surface area contributed by atoms with Crippen molar-refractivity contribution in [1.29, 1.82) is 0 Å². The van der Waals surface area contributed by atoms with Crippen LogP contribution in [-0.4, -0.2) is 23.3 Å². The summed E-state index contributed by atoms with van der Waals surface area (Å²) in [7, 11) is 1.53. The highest BCUT2D eigenvalue weighted by atomic mass is 19.1. The number of hydrazine groups is 1. The number of benzene rings is 1. The molecule has 5 heteroatoms. The van der Waals surface area contributed by atoms with Gasteiger partial charge in [0.2, 0.25) is 0 Å². The molecule has 0 aliphatic carbocycles. The van der Waals surface area contributed by atoms with Crippen molar-refractivity contribution in [2.75, 3.05) is 7.05 Å². The molecule has 0 radical (unpaired) electrons. The molecule has 14 heavy (non-hydrogen) atoms. The molecule has 76 valence electrons. The van der Waals surface area contributed by atoms with Crippen LogP contribution in [0.4, 0.5) is 9.18 Å². The molecule has 1 rings (SSSR count). The van der Waals surface area contributed by atoms with Crippen molar-refractivity contribution in [1.82, 2.24) is 10.4 Å². The fourth-order valence-corrected chi connectivity index (χ4v) is 1.08. The Kier molecular flexibility index (Phi) is 3.41. The van der Waals surface area contributed by atoms with E-state index >= 15 is 0 Å². The van der Waals surface area contributed by atoms with Gasteiger partial charge in [-0.2, -0.15) is 0 Å². The number of carbonyl (C=O) groups is 1. The summed E-state index contributed by atoms with van der Waals surface area (Å²) in [6.07, 6.45) is -1.16. The fourth-order valence-electron chi connectivity index (χ4n) is 1.08. The van der Waals surface area contributed by atoms with Crippen LogP contribution in [0.5, 0.6) is 0 Å². The number of nitrogens with one attached hydrogen (secondary N) is 1. The van der Waals surface area contributed by atoms with E-state index in [-0.39, 0.29) is 12.4 Å². The summed E-state index contributed by atoms with van der Waals surface area (Å²) in [6, 6.07) is 6.23. The molecule has 0 heterocycles. The van der Waals surface area contributed by atoms with Gasteiger partial charge in [0.15, 0.2) is 0 Å². The van der Waals surface area contributed by atoms with Gasteiger partial charge in [0.25, 0.3) is 0 Å². The molecule has 0 saturated carbocycles. The van der Waals surface area contributed by atoms with Crippen molar-refractivity contribution < 1.29 is 14.3 Å². The highest BCUT2D eigenvalue weighted by molar-refractivity contribution is 5.63. The summed E-state index contributed by atoms with van der Waals surface area (Å²) in [4.78, 5) is 10.2. The predicted octanol–water partition coefficient (Wildman–Crippen LogP) is 1.44. The average molecular weight is 198 g/mol. The fraction of sp³-hybridized carbons (Fsp3) is 0.222. The zero-order valence-corrected chi connectivity index (χ0v) is 7.70. The Morgan fingerprint density at radius 2 is 2.21 bits per heavy atom. The van der Waals surface area contributed by atoms with Gasteiger partial charge in [-0.05, 0) is 6.07 Å². The molecule has 0 spiro atoms. The lowest BCUT2D eigenvalue weighted by Gasteiger charge is -2.15. The first kappa shape index (κ1) is 10.5. The van der Waals surface area contributed by atoms with E-state index < -0.39 is 6.09 Å². The molecule has 1 aromatic rings. The minimum Gasteiger partial charge on any atom is -0.464 e. The Labute approximate surface area is 80.9 Å². The molecule has 2 N–H and O–H groups in total. The van der Waals surface area contributed by atoms with Gasteiger partial charge in [-0.15, -0.1) is 0 Å². The molecule has 0 saturated heterocycles. The summed E-state index contributed by atoms with van der Waals surface area (Å²) in [5.41, 5.74) is 2.55. The number of halogens is 1. The number of hydrogen-bond donors (Lipinski definition) is 2. The molecule has 0 aliphatic heterocycles. The number of rotatable bonds is 3. The lowest BCUT2D eigenvalue weighted by atomic mass is 10.2. The second-order valence-corrected chi connectivity index (χ2v) is 2.86. The molecule has 0 fully saturated rings. The van der Waals surface area contributed by atoms with E-state index in [0.29, 0.717) is 5.56 Å². The summed E-state index contributed by atoms with van der Waals surface area (Å²) in [5.74, 6) is -0.341. The van der Waals surface area contributed by atoms with E-state index in [2.05, 4.69) is 5.43 Å². The maximum absolute atomic E-state index is 13.1. The molecule has 4 nitrogen and oxygen atoms in total. The second kappa shape index (κ2) is 4.57. The molecular formula is C9H11FN2O2. The van der Waals surface area contributed by atoms with E-state index in [4.69, 9.17) is 5.11 Å². The molecule has 0 bridgehead atoms. The van der Waals surface area contributed by atoms with Crippen LogP contribution in [0.1, 0.15) is 5.56 Å². The van der Waals surface area contributed by atoms with Gasteiger partial charge in [0.05, 0.1) is 0 Å². The van der Waals surface area contributed by atoms with Crippen molar-refractivity contribution in [3.8, 4) is 0 Å². The molecule has 1 amide bonds. The Hall–Kier alpha value is -1.62. The lowest BCUT2D eigenvalue weighted by Crippen LogP contribution is -2.37. The summed E-state index contributed by atoms with van der Waals surface area (Å²) in [6.45, 7) is 0.193. The van der Waals surface area contributed by atoms with Crippen molar-refractivity contribution in [2.45, 2.75) is 6.54 Å². The maximum atomic E-state index is 13.1. The van der Waals surface area contributed by atoms with Gasteiger partial charge in [-0.25, -0.2) is 14.2 Å². The Morgan fingerprint density at radius 1 is 1.57 bits per heavy atom. The van der Waals surface area contributed by atoms with Gasteiger partial charge in [-0.1, -0.05) is 18.2 Å². The van der Waals surface area contributed by atoms with E-state index in [9.17, 15) is 9.18 Å². The molecule has 0 unspecified atom stereocenters. The number of carboxylic acid groups (broad SMARTS) is 1. The van der Waals surface area contributed by atoms with Crippen molar-refractivity contribution in [2.24, 2.45) is 0 Å². The number of hydrogen-bond acceptors (Lipinski definition) is 2. The van der Waals surface area contributed by atoms with Gasteiger partial charge in [0, 0.05) is 19.2 Å². The second-order valence-electron chi connectivity index (χ2n) is 2.86. The van der Waals surface area contributed by atoms with Crippen molar-refractivity contribution in [3.05, 3.63) is 35.6 Å². The van der Waals surface area contributed by atoms with Crippen LogP contribution in [0.3, 0.4) is 0 Å². The van der Waals surface area contributed by atoms with Gasteiger partial charge < -0.3 is 5.11 Å². The summed E-state index contributed by atoms with van der Waals surface area (Å²) >= 11 is 0. The van der Waals surface area contributed by atoms with Crippen LogP contribution in [-0.2, 0) is 6.54 Å². The standard InChI is InChI=1S/C9H11FN2O2/c1-12(11-9(13)14)6-7-4-2-3-5-8(7)10/h2-5,11H,6H2,1H3,(H,13,14). The Balaban J connectivity index is 2.60. The molecule has 0 aliphatic rings. The monoisotopic (exact) mass is 198 g/mol. The maximum Gasteiger partial charge on any atom is 0.419 e. The van der Waals surface area contributed by atoms with Crippen molar-refractivity contribution in [3.63, 3.8) is 0 Å². The third-order valence-corrected chi connectivity index (χ3v) is 1.65. The molecule has 0 aromatic heterocycles. The van der Waals surface area contributed by atoms with Crippen LogP contribution in [0.2, 0.25) is 0 Å². The van der Waals surface area contributed by atoms with E-state index in [0.717, 1.165) is 0 Å². The topological polar surface area (TPSA) is 52.6 Å². The SMILES string of the molecule is CN(Cc1ccccc1F)NC(=O)O. The van der Waals surface area contributed by atoms with Crippen LogP contribution < -0.4 is 5.43 Å². The first-order valence-electron chi connectivity index (χ1n) is 4.03. The Morgan fingerprint density at radius 3 is 2.79 bits per heavy atom. The zero-order valence-electron chi connectivity index (χ0n) is 7.70. The van der Waals surface area contributed by atoms with Crippen LogP contribution >= 0.6 is 0 Å². The third-order valence-electron chi connectivity index (χ3n) is 1.65. The first-order chi connectivity index (χ1) is 6.59. The quantitative estimate of drug-likeness (QED) is 0.722. The minimum absolute atomic E-state index is 0.193. The molecular weight excluding hydrogens is 187 g/mol. The largest absolute Gasteiger partial charge is 0.464 e. The third kappa shape index (κ3) is 3.02. The first-order valence-corrected chi connectivity index (χ1v) is 4.03. The van der Waals surface area contributed by atoms with Crippen LogP contribution in [0.15, 0.2) is 24.3 Å². The highest BCUT2D eigenvalue weighted by Gasteiger charge is 2.06. The predicted molar refractivity (Wildman–Crippen MR) is 49.0 cm³/mol. The van der Waals surface area contributed by atoms with Gasteiger partial charge in [-0.3, -0.25) is 5.43 Å². The van der Waals surface area contributed by atoms with E-state index in [1.165, 1.54) is 18.1 Å².